The highest BCUT2D eigenvalue weighted by molar-refractivity contribution is 6.90. The van der Waals surface area contributed by atoms with Crippen molar-refractivity contribution >= 4 is 94.2 Å². The van der Waals surface area contributed by atoms with Crippen LogP contribution in [0.25, 0.3) is 155 Å². The first-order valence-electron chi connectivity index (χ1n) is 31.4. The lowest BCUT2D eigenvalue weighted by Gasteiger charge is -2.36. The molecule has 0 aliphatic carbocycles. The summed E-state index contributed by atoms with van der Waals surface area (Å²) < 4.78 is 11.0. The van der Waals surface area contributed by atoms with Gasteiger partial charge in [0.25, 0.3) is 0 Å². The molecule has 16 aromatic rings. The minimum absolute atomic E-state index is 0.125. The van der Waals surface area contributed by atoms with Gasteiger partial charge in [0.2, 0.25) is 0 Å². The van der Waals surface area contributed by atoms with Crippen LogP contribution in [0.4, 0.5) is 0 Å². The fourth-order valence-electron chi connectivity index (χ4n) is 17.7. The van der Waals surface area contributed by atoms with Gasteiger partial charge in [0.05, 0.1) is 50.3 Å². The molecule has 5 heteroatoms. The molecular formula is C83H59BN4. The molecule has 0 amide bonds. The van der Waals surface area contributed by atoms with E-state index in [1.807, 2.05) is 0 Å². The second-order valence-electron chi connectivity index (χ2n) is 26.3. The van der Waals surface area contributed by atoms with Gasteiger partial charge in [0.1, 0.15) is 0 Å². The molecule has 4 nitrogen and oxygen atoms in total. The predicted molar refractivity (Wildman–Crippen MR) is 372 cm³/mol. The first-order valence-corrected chi connectivity index (χ1v) is 31.4. The lowest BCUT2D eigenvalue weighted by molar-refractivity contribution is 0.711. The largest absolute Gasteiger partial charge is 0.374 e. The Kier molecular flexibility index (Phi) is 9.31. The number of aromatic nitrogens is 4. The van der Waals surface area contributed by atoms with Gasteiger partial charge in [-0.05, 0) is 168 Å². The molecule has 0 N–H and O–H groups in total. The van der Waals surface area contributed by atoms with E-state index >= 15 is 0 Å². The Morgan fingerprint density at radius 2 is 0.750 bits per heavy atom. The molecular weight excluding hydrogens is 1060 g/mol. The first-order chi connectivity index (χ1) is 43.0. The van der Waals surface area contributed by atoms with Gasteiger partial charge in [0.15, 0.2) is 0 Å². The molecule has 1 atom stereocenters. The number of nitrogens with zero attached hydrogens (tertiary/aromatic N) is 4. The van der Waals surface area contributed by atoms with Crippen molar-refractivity contribution in [2.24, 2.45) is 0 Å². The third-order valence-electron chi connectivity index (χ3n) is 21.3. The van der Waals surface area contributed by atoms with E-state index in [1.165, 1.54) is 221 Å². The molecule has 4 aliphatic rings. The molecule has 1 unspecified atom stereocenters. The van der Waals surface area contributed by atoms with Gasteiger partial charge >= 0.3 is 6.85 Å². The Bertz CT molecular complexity index is 5620. The highest BCUT2D eigenvalue weighted by Crippen LogP contribution is 2.59. The van der Waals surface area contributed by atoms with Gasteiger partial charge in [-0.3, -0.25) is 0 Å². The summed E-state index contributed by atoms with van der Waals surface area (Å²) in [5.74, 6) is 0. The molecule has 0 spiro atoms. The third-order valence-corrected chi connectivity index (χ3v) is 21.3. The maximum Gasteiger partial charge on any atom is 0.333 e. The van der Waals surface area contributed by atoms with Crippen molar-refractivity contribution < 1.29 is 0 Å². The number of hydrogen-bond donors (Lipinski definition) is 0. The number of rotatable bonds is 4. The fraction of sp³-hybridized carbons (Fsp3) is 0.108. The van der Waals surface area contributed by atoms with Crippen LogP contribution in [0.2, 0.25) is 0 Å². The summed E-state index contributed by atoms with van der Waals surface area (Å²) in [6.45, 7) is 17.9. The summed E-state index contributed by atoms with van der Waals surface area (Å²) in [5.41, 5.74) is 43.9. The quantitative estimate of drug-likeness (QED) is 0.157. The van der Waals surface area contributed by atoms with E-state index < -0.39 is 0 Å². The number of hydrogen-bond acceptors (Lipinski definition) is 0. The number of aryl methyl sites for hydroxylation is 8. The zero-order chi connectivity index (χ0) is 58.6. The zero-order valence-electron chi connectivity index (χ0n) is 50.6. The van der Waals surface area contributed by atoms with Gasteiger partial charge in [-0.15, -0.1) is 0 Å². The second kappa shape index (κ2) is 16.8. The smallest absolute Gasteiger partial charge is 0.333 e. The maximum atomic E-state index is 2.83. The highest BCUT2D eigenvalue weighted by Gasteiger charge is 2.46. The van der Waals surface area contributed by atoms with E-state index in [1.54, 1.807) is 0 Å². The molecule has 0 saturated carbocycles. The summed E-state index contributed by atoms with van der Waals surface area (Å²) in [5, 5.41) is 7.86. The van der Waals surface area contributed by atoms with Crippen LogP contribution in [0, 0.1) is 55.4 Å². The Balaban J connectivity index is 0.934. The van der Waals surface area contributed by atoms with Crippen LogP contribution in [0.5, 0.6) is 0 Å². The van der Waals surface area contributed by atoms with Gasteiger partial charge < -0.3 is 18.2 Å². The summed E-state index contributed by atoms with van der Waals surface area (Å²) >= 11 is 0. The fourth-order valence-corrected chi connectivity index (χ4v) is 17.7. The molecule has 12 aromatic carbocycles. The van der Waals surface area contributed by atoms with Crippen molar-refractivity contribution in [2.45, 2.75) is 61.4 Å². The van der Waals surface area contributed by atoms with Crippen molar-refractivity contribution in [3.63, 3.8) is 0 Å². The zero-order valence-corrected chi connectivity index (χ0v) is 50.6. The Morgan fingerprint density at radius 3 is 1.33 bits per heavy atom. The standard InChI is InChI=1S/C83H59BN4/c1-43-27-31-47(5)62(39-43)52-16-12-23-67-71(52)74-54(64-41-45(3)29-33-49(64)7)35-36-61-79-73-51(15-11-25-69(73)85(67)80(61)74)57-19-9-21-59-77(57)87(79)81-60-22-10-20-58-56-18-14-26-70-76(56)84(88(78(58)60)82(59)81)66-38-37-55(65-42-46(4)30-34-50(65)8)75-72-53(63-40-44(2)28-32-48(63)6)17-13-24-68(72)86(70)83(66)75/h9-42,79H,1-8H3. The van der Waals surface area contributed by atoms with Crippen molar-refractivity contribution in [1.82, 2.24) is 18.2 Å². The maximum absolute atomic E-state index is 2.83. The topological polar surface area (TPSA) is 19.7 Å². The third kappa shape index (κ3) is 5.88. The number of para-hydroxylation sites is 2. The van der Waals surface area contributed by atoms with Gasteiger partial charge in [0, 0.05) is 65.8 Å². The minimum atomic E-state index is -0.125. The summed E-state index contributed by atoms with van der Waals surface area (Å²) in [6.07, 6.45) is 0. The van der Waals surface area contributed by atoms with Crippen LogP contribution in [0.3, 0.4) is 0 Å². The predicted octanol–water partition coefficient (Wildman–Crippen LogP) is 20.0. The van der Waals surface area contributed by atoms with Crippen LogP contribution >= 0.6 is 0 Å². The average Bonchev–Trinajstić information content (AvgIpc) is 1.47. The average molecular weight is 1120 g/mol. The Morgan fingerprint density at radius 1 is 0.307 bits per heavy atom. The lowest BCUT2D eigenvalue weighted by Crippen LogP contribution is -2.55. The van der Waals surface area contributed by atoms with E-state index in [2.05, 4.69) is 280 Å². The van der Waals surface area contributed by atoms with Gasteiger partial charge in [-0.25, -0.2) is 0 Å². The van der Waals surface area contributed by atoms with Crippen molar-refractivity contribution in [3.05, 3.63) is 262 Å². The van der Waals surface area contributed by atoms with Crippen LogP contribution < -0.4 is 10.9 Å². The summed E-state index contributed by atoms with van der Waals surface area (Å²) in [6, 6.07) is 80.6. The Labute approximate surface area is 510 Å². The van der Waals surface area contributed by atoms with E-state index in [0.29, 0.717) is 0 Å². The van der Waals surface area contributed by atoms with Gasteiger partial charge in [-0.2, -0.15) is 0 Å². The van der Waals surface area contributed by atoms with Crippen LogP contribution in [0.15, 0.2) is 206 Å². The van der Waals surface area contributed by atoms with Crippen LogP contribution in [-0.4, -0.2) is 25.0 Å². The molecule has 0 fully saturated rings. The molecule has 8 heterocycles. The van der Waals surface area contributed by atoms with Gasteiger partial charge in [-0.1, -0.05) is 204 Å². The number of benzene rings is 12. The SMILES string of the molecule is Cc1ccc(C)c(-c2cccc3c2c2c(-c4cc(C)ccc4C)ccc4c2n3-c2cccc3c2B4n2c4c-3cccc4c3c2c2cccc4c2n3C2c3c-4cccc3-n3c4cccc(-c5cc(C)ccc5C)c4c4c(-c5cc(C)ccc5C)ccc2c43)c1. The molecule has 0 bridgehead atoms. The van der Waals surface area contributed by atoms with Crippen molar-refractivity contribution in [1.29, 1.82) is 0 Å². The van der Waals surface area contributed by atoms with Crippen molar-refractivity contribution in [2.75, 3.05) is 0 Å². The molecule has 414 valence electrons. The molecule has 4 aromatic heterocycles. The van der Waals surface area contributed by atoms with E-state index in [9.17, 15) is 0 Å². The van der Waals surface area contributed by atoms with E-state index in [-0.39, 0.29) is 12.9 Å². The van der Waals surface area contributed by atoms with Crippen LogP contribution in [-0.2, 0) is 0 Å². The Hall–Kier alpha value is -10.4. The monoisotopic (exact) mass is 1120 g/mol. The minimum Gasteiger partial charge on any atom is -0.374 e. The van der Waals surface area contributed by atoms with E-state index in [4.69, 9.17) is 0 Å². The van der Waals surface area contributed by atoms with Crippen molar-refractivity contribution in [3.8, 4) is 78.1 Å². The summed E-state index contributed by atoms with van der Waals surface area (Å²) in [7, 11) is 0. The number of fused-ring (bicyclic) bond motifs is 19. The highest BCUT2D eigenvalue weighted by atomic mass is 15.1. The summed E-state index contributed by atoms with van der Waals surface area (Å²) in [4.78, 5) is 0. The molecule has 20 rings (SSSR count). The lowest BCUT2D eigenvalue weighted by atomic mass is 9.45. The van der Waals surface area contributed by atoms with Crippen LogP contribution in [0.1, 0.15) is 61.7 Å². The molecule has 4 aliphatic heterocycles. The molecule has 0 radical (unpaired) electrons. The first kappa shape index (κ1) is 48.8. The van der Waals surface area contributed by atoms with E-state index in [0.717, 1.165) is 0 Å². The second-order valence-corrected chi connectivity index (χ2v) is 26.3. The molecule has 0 saturated heterocycles. The normalized spacial score (nSPS) is 14.0. The molecule has 88 heavy (non-hydrogen) atoms.